The highest BCUT2D eigenvalue weighted by molar-refractivity contribution is 6.21. The van der Waals surface area contributed by atoms with E-state index >= 15 is 0 Å². The van der Waals surface area contributed by atoms with Crippen molar-refractivity contribution < 1.29 is 14.3 Å². The van der Waals surface area contributed by atoms with Gasteiger partial charge in [-0.2, -0.15) is 0 Å². The Hall–Kier alpha value is -2.04. The third-order valence-corrected chi connectivity index (χ3v) is 3.48. The number of primary amides is 1. The van der Waals surface area contributed by atoms with Gasteiger partial charge in [0.25, 0.3) is 0 Å². The topological polar surface area (TPSA) is 72.6 Å². The van der Waals surface area contributed by atoms with Gasteiger partial charge < -0.3 is 10.5 Å². The summed E-state index contributed by atoms with van der Waals surface area (Å²) in [6.07, 6.45) is 1.37. The SMILES string of the molecule is COc1ccc2c(c1)C(=O)C1(CC1)N2C(N)=O. The molecule has 2 amide bonds. The van der Waals surface area contributed by atoms with Crippen molar-refractivity contribution in [2.45, 2.75) is 18.4 Å². The molecule has 2 N–H and O–H groups in total. The summed E-state index contributed by atoms with van der Waals surface area (Å²) >= 11 is 0. The predicted octanol–water partition coefficient (Wildman–Crippen LogP) is 1.31. The second-order valence-electron chi connectivity index (χ2n) is 4.42. The minimum Gasteiger partial charge on any atom is -0.497 e. The fraction of sp³-hybridized carbons (Fsp3) is 0.333. The molecule has 5 heteroatoms. The highest BCUT2D eigenvalue weighted by atomic mass is 16.5. The quantitative estimate of drug-likeness (QED) is 0.793. The van der Waals surface area contributed by atoms with Gasteiger partial charge in [0.05, 0.1) is 12.8 Å². The van der Waals surface area contributed by atoms with Crippen LogP contribution in [0.2, 0.25) is 0 Å². The highest BCUT2D eigenvalue weighted by Crippen LogP contribution is 2.53. The maximum absolute atomic E-state index is 12.3. The van der Waals surface area contributed by atoms with E-state index < -0.39 is 11.6 Å². The molecule has 1 saturated carbocycles. The van der Waals surface area contributed by atoms with Crippen molar-refractivity contribution in [2.75, 3.05) is 12.0 Å². The zero-order chi connectivity index (χ0) is 12.2. The second kappa shape index (κ2) is 3.00. The van der Waals surface area contributed by atoms with Crippen molar-refractivity contribution in [1.82, 2.24) is 0 Å². The fourth-order valence-electron chi connectivity index (χ4n) is 2.50. The summed E-state index contributed by atoms with van der Waals surface area (Å²) in [5.74, 6) is 0.587. The Morgan fingerprint density at radius 1 is 1.47 bits per heavy atom. The molecule has 0 atom stereocenters. The van der Waals surface area contributed by atoms with Gasteiger partial charge in [-0.15, -0.1) is 0 Å². The molecular formula is C12H12N2O3. The van der Waals surface area contributed by atoms with Crippen LogP contribution in [0.3, 0.4) is 0 Å². The van der Waals surface area contributed by atoms with E-state index in [-0.39, 0.29) is 5.78 Å². The molecule has 1 spiro atoms. The third kappa shape index (κ3) is 1.13. The standard InChI is InChI=1S/C12H12N2O3/c1-17-7-2-3-9-8(6-7)10(15)12(4-5-12)14(9)11(13)16/h2-3,6H,4-5H2,1H3,(H2,13,16). The maximum Gasteiger partial charge on any atom is 0.320 e. The van der Waals surface area contributed by atoms with E-state index in [4.69, 9.17) is 10.5 Å². The van der Waals surface area contributed by atoms with Gasteiger partial charge in [0.2, 0.25) is 0 Å². The van der Waals surface area contributed by atoms with Gasteiger partial charge in [0.1, 0.15) is 11.3 Å². The number of amides is 2. The number of nitrogens with two attached hydrogens (primary N) is 1. The molecule has 1 aromatic carbocycles. The average molecular weight is 232 g/mol. The lowest BCUT2D eigenvalue weighted by atomic mass is 10.1. The van der Waals surface area contributed by atoms with Gasteiger partial charge in [-0.1, -0.05) is 0 Å². The third-order valence-electron chi connectivity index (χ3n) is 3.48. The van der Waals surface area contributed by atoms with Gasteiger partial charge >= 0.3 is 6.03 Å². The van der Waals surface area contributed by atoms with E-state index in [9.17, 15) is 9.59 Å². The van der Waals surface area contributed by atoms with E-state index in [1.807, 2.05) is 0 Å². The number of Topliss-reactive ketones (excluding diaryl/α,β-unsaturated/α-hetero) is 1. The zero-order valence-corrected chi connectivity index (χ0v) is 9.40. The van der Waals surface area contributed by atoms with E-state index in [0.717, 1.165) is 0 Å². The van der Waals surface area contributed by atoms with Gasteiger partial charge in [0, 0.05) is 5.56 Å². The molecule has 17 heavy (non-hydrogen) atoms. The van der Waals surface area contributed by atoms with Crippen LogP contribution >= 0.6 is 0 Å². The lowest BCUT2D eigenvalue weighted by Gasteiger charge is -2.21. The largest absolute Gasteiger partial charge is 0.497 e. The monoisotopic (exact) mass is 232 g/mol. The average Bonchev–Trinajstić information content (AvgIpc) is 3.05. The molecule has 0 bridgehead atoms. The minimum absolute atomic E-state index is 0.0230. The first-order valence-electron chi connectivity index (χ1n) is 5.43. The summed E-state index contributed by atoms with van der Waals surface area (Å²) < 4.78 is 5.09. The summed E-state index contributed by atoms with van der Waals surface area (Å²) in [6, 6.07) is 4.54. The molecule has 3 rings (SSSR count). The fourth-order valence-corrected chi connectivity index (χ4v) is 2.50. The molecule has 0 unspecified atom stereocenters. The number of anilines is 1. The second-order valence-corrected chi connectivity index (χ2v) is 4.42. The maximum atomic E-state index is 12.3. The number of nitrogens with zero attached hydrogens (tertiary/aromatic N) is 1. The van der Waals surface area contributed by atoms with Crippen molar-refractivity contribution in [3.05, 3.63) is 23.8 Å². The minimum atomic E-state index is -0.694. The number of hydrogen-bond acceptors (Lipinski definition) is 3. The van der Waals surface area contributed by atoms with Crippen LogP contribution in [0.25, 0.3) is 0 Å². The Labute approximate surface area is 98.1 Å². The molecule has 1 aliphatic heterocycles. The van der Waals surface area contributed by atoms with Crippen LogP contribution in [-0.4, -0.2) is 24.5 Å². The molecule has 2 aliphatic rings. The first-order valence-corrected chi connectivity index (χ1v) is 5.43. The van der Waals surface area contributed by atoms with E-state index in [2.05, 4.69) is 0 Å². The van der Waals surface area contributed by atoms with Gasteiger partial charge in [0.15, 0.2) is 5.78 Å². The number of benzene rings is 1. The van der Waals surface area contributed by atoms with Crippen LogP contribution in [0.1, 0.15) is 23.2 Å². The Balaban J connectivity index is 2.18. The molecule has 1 fully saturated rings. The number of hydrogen-bond donors (Lipinski definition) is 1. The Morgan fingerprint density at radius 2 is 2.18 bits per heavy atom. The summed E-state index contributed by atoms with van der Waals surface area (Å²) in [6.45, 7) is 0. The first-order chi connectivity index (χ1) is 8.10. The van der Waals surface area contributed by atoms with Crippen LogP contribution in [0.5, 0.6) is 5.75 Å². The zero-order valence-electron chi connectivity index (χ0n) is 9.40. The van der Waals surface area contributed by atoms with Crippen LogP contribution < -0.4 is 15.4 Å². The molecule has 88 valence electrons. The molecule has 1 heterocycles. The molecule has 1 aliphatic carbocycles. The van der Waals surface area contributed by atoms with Gasteiger partial charge in [-0.25, -0.2) is 4.79 Å². The van der Waals surface area contributed by atoms with Crippen LogP contribution in [0.4, 0.5) is 10.5 Å². The Morgan fingerprint density at radius 3 is 2.71 bits per heavy atom. The smallest absolute Gasteiger partial charge is 0.320 e. The summed E-state index contributed by atoms with van der Waals surface area (Å²) in [4.78, 5) is 25.2. The van der Waals surface area contributed by atoms with Crippen LogP contribution in [0.15, 0.2) is 18.2 Å². The number of fused-ring (bicyclic) bond motifs is 1. The van der Waals surface area contributed by atoms with Crippen molar-refractivity contribution in [1.29, 1.82) is 0 Å². The number of urea groups is 1. The van der Waals surface area contributed by atoms with Crippen molar-refractivity contribution >= 4 is 17.5 Å². The molecular weight excluding hydrogens is 220 g/mol. The van der Waals surface area contributed by atoms with Gasteiger partial charge in [-0.3, -0.25) is 9.69 Å². The number of carbonyl (C=O) groups is 2. The van der Waals surface area contributed by atoms with Gasteiger partial charge in [-0.05, 0) is 31.0 Å². The number of rotatable bonds is 1. The summed E-state index contributed by atoms with van der Waals surface area (Å²) in [5, 5.41) is 0. The van der Waals surface area contributed by atoms with Crippen LogP contribution in [0, 0.1) is 0 Å². The van der Waals surface area contributed by atoms with E-state index in [0.29, 0.717) is 29.8 Å². The lowest BCUT2D eigenvalue weighted by molar-refractivity contribution is 0.0960. The summed E-state index contributed by atoms with van der Waals surface area (Å²) in [7, 11) is 1.54. The highest BCUT2D eigenvalue weighted by Gasteiger charge is 2.61. The van der Waals surface area contributed by atoms with Crippen molar-refractivity contribution in [3.63, 3.8) is 0 Å². The molecule has 0 radical (unpaired) electrons. The number of ketones is 1. The predicted molar refractivity (Wildman–Crippen MR) is 61.4 cm³/mol. The molecule has 1 aromatic rings. The first kappa shape index (κ1) is 10.1. The van der Waals surface area contributed by atoms with E-state index in [1.54, 1.807) is 25.3 Å². The molecule has 0 aromatic heterocycles. The molecule has 0 saturated heterocycles. The van der Waals surface area contributed by atoms with Crippen molar-refractivity contribution in [3.8, 4) is 5.75 Å². The molecule has 5 nitrogen and oxygen atoms in total. The Bertz CT molecular complexity index is 535. The van der Waals surface area contributed by atoms with Crippen molar-refractivity contribution in [2.24, 2.45) is 5.73 Å². The Kier molecular flexibility index (Phi) is 1.79. The lowest BCUT2D eigenvalue weighted by Crippen LogP contribution is -2.45. The number of carbonyl (C=O) groups excluding carboxylic acids is 2. The van der Waals surface area contributed by atoms with Crippen LogP contribution in [-0.2, 0) is 0 Å². The van der Waals surface area contributed by atoms with E-state index in [1.165, 1.54) is 4.90 Å². The normalized spacial score (nSPS) is 19.4. The summed E-state index contributed by atoms with van der Waals surface area (Å²) in [5.41, 5.74) is 5.80. The number of methoxy groups -OCH3 is 1. The number of ether oxygens (including phenoxy) is 1.